The smallest absolute Gasteiger partial charge is 0.0698 e. The van der Waals surface area contributed by atoms with E-state index in [0.29, 0.717) is 0 Å². The Hall–Kier alpha value is -3.11. The van der Waals surface area contributed by atoms with Crippen molar-refractivity contribution in [3.05, 3.63) is 113 Å². The molecule has 1 aliphatic carbocycles. The molecule has 1 heteroatoms. The van der Waals surface area contributed by atoms with Gasteiger partial charge in [-0.25, -0.2) is 0 Å². The Bertz CT molecular complexity index is 933. The van der Waals surface area contributed by atoms with Gasteiger partial charge in [0.05, 0.1) is 12.0 Å². The lowest BCUT2D eigenvalue weighted by Gasteiger charge is -2.20. The van der Waals surface area contributed by atoms with E-state index in [-0.39, 0.29) is 11.8 Å². The van der Waals surface area contributed by atoms with Crippen LogP contribution in [-0.2, 0) is 0 Å². The number of hydrogen-bond acceptors (Lipinski definition) is 1. The molecule has 2 unspecified atom stereocenters. The fraction of sp³-hybridized carbons (Fsp3) is 0.125. The van der Waals surface area contributed by atoms with Crippen molar-refractivity contribution in [3.8, 4) is 6.07 Å². The summed E-state index contributed by atoms with van der Waals surface area (Å²) in [5.74, 6) is 0.132. The van der Waals surface area contributed by atoms with Crippen molar-refractivity contribution in [2.24, 2.45) is 5.92 Å². The number of hydrogen-bond donors (Lipinski definition) is 0. The van der Waals surface area contributed by atoms with Gasteiger partial charge in [-0.15, -0.1) is 0 Å². The van der Waals surface area contributed by atoms with Crippen LogP contribution in [0.15, 0.2) is 91.0 Å². The third-order valence-corrected chi connectivity index (χ3v) is 4.94. The second kappa shape index (κ2) is 6.79. The molecule has 3 aromatic carbocycles. The van der Waals surface area contributed by atoms with Crippen LogP contribution in [0, 0.1) is 17.2 Å². The van der Waals surface area contributed by atoms with Crippen LogP contribution in [0.3, 0.4) is 0 Å². The van der Waals surface area contributed by atoms with Crippen LogP contribution < -0.4 is 0 Å². The Kier molecular flexibility index (Phi) is 4.19. The molecule has 0 bridgehead atoms. The highest BCUT2D eigenvalue weighted by atomic mass is 14.3. The molecule has 120 valence electrons. The minimum atomic E-state index is -0.104. The molecule has 0 N–H and O–H groups in total. The first kappa shape index (κ1) is 15.4. The predicted octanol–water partition coefficient (Wildman–Crippen LogP) is 5.79. The molecule has 0 saturated carbocycles. The molecular weight excluding hydrogens is 302 g/mol. The zero-order valence-corrected chi connectivity index (χ0v) is 14.0. The van der Waals surface area contributed by atoms with Crippen LogP contribution in [0.1, 0.15) is 34.6 Å². The number of nitriles is 1. The molecule has 2 atom stereocenters. The van der Waals surface area contributed by atoms with Gasteiger partial charge in [0.25, 0.3) is 0 Å². The predicted molar refractivity (Wildman–Crippen MR) is 102 cm³/mol. The molecule has 0 aromatic heterocycles. The molecule has 0 radical (unpaired) electrons. The zero-order valence-electron chi connectivity index (χ0n) is 14.0. The maximum Gasteiger partial charge on any atom is 0.0698 e. The summed E-state index contributed by atoms with van der Waals surface area (Å²) in [5.41, 5.74) is 6.16. The molecule has 4 rings (SSSR count). The monoisotopic (exact) mass is 321 g/mol. The van der Waals surface area contributed by atoms with Gasteiger partial charge in [0.1, 0.15) is 0 Å². The molecule has 1 aliphatic rings. The highest BCUT2D eigenvalue weighted by molar-refractivity contribution is 5.83. The fourth-order valence-electron chi connectivity index (χ4n) is 3.75. The summed E-state index contributed by atoms with van der Waals surface area (Å²) in [7, 11) is 0. The van der Waals surface area contributed by atoms with Crippen LogP contribution in [0.25, 0.3) is 5.57 Å². The molecule has 3 aromatic rings. The average molecular weight is 321 g/mol. The Morgan fingerprint density at radius 3 is 2.12 bits per heavy atom. The van der Waals surface area contributed by atoms with Crippen molar-refractivity contribution in [3.63, 3.8) is 0 Å². The van der Waals surface area contributed by atoms with E-state index in [9.17, 15) is 5.26 Å². The highest BCUT2D eigenvalue weighted by Crippen LogP contribution is 2.41. The van der Waals surface area contributed by atoms with E-state index >= 15 is 0 Å². The van der Waals surface area contributed by atoms with Gasteiger partial charge in [0.2, 0.25) is 0 Å². The lowest BCUT2D eigenvalue weighted by molar-refractivity contribution is 0.650. The van der Waals surface area contributed by atoms with Crippen molar-refractivity contribution in [1.82, 2.24) is 0 Å². The summed E-state index contributed by atoms with van der Waals surface area (Å²) in [6, 6.07) is 32.0. The third kappa shape index (κ3) is 2.99. The van der Waals surface area contributed by atoms with E-state index < -0.39 is 0 Å². The number of rotatable bonds is 2. The van der Waals surface area contributed by atoms with Gasteiger partial charge in [0, 0.05) is 5.92 Å². The Morgan fingerprint density at radius 1 is 0.760 bits per heavy atom. The molecule has 1 nitrogen and oxygen atoms in total. The fourth-order valence-corrected chi connectivity index (χ4v) is 3.75. The maximum absolute atomic E-state index is 9.73. The van der Waals surface area contributed by atoms with Crippen molar-refractivity contribution in [2.75, 3.05) is 0 Å². The van der Waals surface area contributed by atoms with Crippen LogP contribution in [0.2, 0.25) is 0 Å². The van der Waals surface area contributed by atoms with Gasteiger partial charge in [-0.05, 0) is 34.2 Å². The first-order valence-corrected chi connectivity index (χ1v) is 8.68. The second-order valence-electron chi connectivity index (χ2n) is 6.47. The van der Waals surface area contributed by atoms with Crippen LogP contribution in [0.5, 0.6) is 0 Å². The zero-order chi connectivity index (χ0) is 17.1. The molecule has 0 aliphatic heterocycles. The summed E-state index contributed by atoms with van der Waals surface area (Å²) in [4.78, 5) is 0. The Balaban J connectivity index is 1.92. The normalized spacial score (nSPS) is 19.2. The van der Waals surface area contributed by atoms with Crippen molar-refractivity contribution >= 4 is 5.57 Å². The number of benzene rings is 3. The number of fused-ring (bicyclic) bond motifs is 1. The second-order valence-corrected chi connectivity index (χ2v) is 6.47. The molecule has 25 heavy (non-hydrogen) atoms. The van der Waals surface area contributed by atoms with E-state index in [2.05, 4.69) is 84.9 Å². The summed E-state index contributed by atoms with van der Waals surface area (Å²) < 4.78 is 0. The van der Waals surface area contributed by atoms with Crippen molar-refractivity contribution < 1.29 is 0 Å². The van der Waals surface area contributed by atoms with E-state index in [0.717, 1.165) is 6.42 Å². The molecule has 0 heterocycles. The minimum absolute atomic E-state index is 0.104. The lowest BCUT2D eigenvalue weighted by Crippen LogP contribution is -2.06. The average Bonchev–Trinajstić information content (AvgIpc) is 2.86. The first-order valence-electron chi connectivity index (χ1n) is 8.68. The maximum atomic E-state index is 9.73. The Labute approximate surface area is 148 Å². The van der Waals surface area contributed by atoms with E-state index in [1.165, 1.54) is 27.8 Å². The minimum Gasteiger partial charge on any atom is -0.198 e. The van der Waals surface area contributed by atoms with Crippen molar-refractivity contribution in [1.29, 1.82) is 5.26 Å². The number of nitrogens with zero attached hydrogens (tertiary/aromatic N) is 1. The van der Waals surface area contributed by atoms with Gasteiger partial charge in [0.15, 0.2) is 0 Å². The van der Waals surface area contributed by atoms with E-state index in [1.54, 1.807) is 0 Å². The highest BCUT2D eigenvalue weighted by Gasteiger charge is 2.26. The van der Waals surface area contributed by atoms with Crippen molar-refractivity contribution in [2.45, 2.75) is 12.3 Å². The van der Waals surface area contributed by atoms with Crippen LogP contribution in [-0.4, -0.2) is 0 Å². The summed E-state index contributed by atoms with van der Waals surface area (Å²) in [6.07, 6.45) is 2.96. The van der Waals surface area contributed by atoms with Gasteiger partial charge in [-0.1, -0.05) is 91.0 Å². The largest absolute Gasteiger partial charge is 0.198 e. The third-order valence-electron chi connectivity index (χ3n) is 4.94. The van der Waals surface area contributed by atoms with Gasteiger partial charge < -0.3 is 0 Å². The first-order chi connectivity index (χ1) is 12.4. The molecule has 0 saturated heterocycles. The molecular formula is C24H19N. The molecule has 0 fully saturated rings. The SMILES string of the molecule is N#CC1C=C(c2ccccc2)c2ccccc2C(c2ccccc2)C1. The summed E-state index contributed by atoms with van der Waals surface area (Å²) >= 11 is 0. The quantitative estimate of drug-likeness (QED) is 0.585. The van der Waals surface area contributed by atoms with Gasteiger partial charge in [-0.3, -0.25) is 0 Å². The standard InChI is InChI=1S/C24H19N/c25-17-18-15-23(19-9-3-1-4-10-19)21-13-7-8-14-22(21)24(16-18)20-11-5-2-6-12-20/h1-15,18,24H,16H2. The van der Waals surface area contributed by atoms with Crippen LogP contribution in [0.4, 0.5) is 0 Å². The molecule has 0 spiro atoms. The summed E-state index contributed by atoms with van der Waals surface area (Å²) in [6.45, 7) is 0. The Morgan fingerprint density at radius 2 is 1.40 bits per heavy atom. The number of allylic oxidation sites excluding steroid dienone is 1. The molecule has 0 amide bonds. The summed E-state index contributed by atoms with van der Waals surface area (Å²) in [5, 5.41) is 9.73. The van der Waals surface area contributed by atoms with Crippen LogP contribution >= 0.6 is 0 Å². The van der Waals surface area contributed by atoms with Gasteiger partial charge in [-0.2, -0.15) is 5.26 Å². The lowest BCUT2D eigenvalue weighted by atomic mass is 9.83. The topological polar surface area (TPSA) is 23.8 Å². The van der Waals surface area contributed by atoms with E-state index in [4.69, 9.17) is 0 Å². The van der Waals surface area contributed by atoms with Gasteiger partial charge >= 0.3 is 0 Å². The van der Waals surface area contributed by atoms with E-state index in [1.807, 2.05) is 12.1 Å².